The largest absolute Gasteiger partial charge is 0.486 e. The first-order valence-electron chi connectivity index (χ1n) is 11.1. The molecule has 0 aliphatic carbocycles. The molecule has 8 heteroatoms. The van der Waals surface area contributed by atoms with Crippen LogP contribution in [-0.2, 0) is 13.2 Å². The summed E-state index contributed by atoms with van der Waals surface area (Å²) in [6, 6.07) is 15.9. The number of ether oxygens (including phenoxy) is 1. The zero-order chi connectivity index (χ0) is 22.5. The Morgan fingerprint density at radius 1 is 1.03 bits per heavy atom. The molecule has 0 atom stereocenters. The van der Waals surface area contributed by atoms with E-state index in [1.54, 1.807) is 4.68 Å². The number of carbonyl (C=O) groups is 1. The van der Waals surface area contributed by atoms with Gasteiger partial charge in [-0.1, -0.05) is 24.3 Å². The highest BCUT2D eigenvalue weighted by Gasteiger charge is 2.22. The Morgan fingerprint density at radius 3 is 2.44 bits per heavy atom. The van der Waals surface area contributed by atoms with Crippen molar-refractivity contribution in [1.29, 1.82) is 0 Å². The minimum absolute atomic E-state index is 0.0656. The number of rotatable bonds is 7. The topological polar surface area (TPSA) is 76.4 Å². The summed E-state index contributed by atoms with van der Waals surface area (Å²) in [5.41, 5.74) is 3.34. The number of nitrogens with zero attached hydrogens (tertiary/aromatic N) is 6. The number of aryl methyl sites for hydroxylation is 1. The molecule has 1 aliphatic rings. The molecular weight excluding hydrogens is 404 g/mol. The molecular formula is C24H30N6O2. The average molecular weight is 435 g/mol. The van der Waals surface area contributed by atoms with Crippen molar-refractivity contribution < 1.29 is 9.53 Å². The van der Waals surface area contributed by atoms with Crippen LogP contribution >= 0.6 is 0 Å². The zero-order valence-corrected chi connectivity index (χ0v) is 18.9. The first-order chi connectivity index (χ1) is 15.5. The van der Waals surface area contributed by atoms with E-state index in [0.717, 1.165) is 32.7 Å². The molecule has 2 heterocycles. The molecule has 3 aromatic rings. The van der Waals surface area contributed by atoms with E-state index in [1.807, 2.05) is 43.0 Å². The highest BCUT2D eigenvalue weighted by atomic mass is 16.5. The highest BCUT2D eigenvalue weighted by molar-refractivity contribution is 5.94. The van der Waals surface area contributed by atoms with E-state index in [-0.39, 0.29) is 18.6 Å². The lowest BCUT2D eigenvalue weighted by molar-refractivity contribution is 0.0628. The minimum Gasteiger partial charge on any atom is -0.486 e. The van der Waals surface area contributed by atoms with Gasteiger partial charge in [-0.15, -0.1) is 5.10 Å². The van der Waals surface area contributed by atoms with Gasteiger partial charge in [0.15, 0.2) is 5.82 Å². The normalized spacial score (nSPS) is 14.7. The maximum Gasteiger partial charge on any atom is 0.253 e. The van der Waals surface area contributed by atoms with E-state index in [0.29, 0.717) is 17.1 Å². The van der Waals surface area contributed by atoms with E-state index in [9.17, 15) is 4.79 Å². The molecule has 0 N–H and O–H groups in total. The molecule has 8 nitrogen and oxygen atoms in total. The third-order valence-corrected chi connectivity index (χ3v) is 5.83. The van der Waals surface area contributed by atoms with E-state index < -0.39 is 0 Å². The first kappa shape index (κ1) is 22.0. The monoisotopic (exact) mass is 434 g/mol. The SMILES string of the molecule is Cc1ccccc1CN1CCN(C(=O)c2ccc(OCc3nnnn3C(C)C)cc2)CC1. The molecule has 1 aromatic heterocycles. The number of aromatic nitrogens is 4. The number of piperazine rings is 1. The Hall–Kier alpha value is -3.26. The van der Waals surface area contributed by atoms with Crippen molar-refractivity contribution in [1.82, 2.24) is 30.0 Å². The Labute approximate surface area is 188 Å². The molecule has 1 fully saturated rings. The van der Waals surface area contributed by atoms with Crippen LogP contribution in [-0.4, -0.2) is 62.1 Å². The number of carbonyl (C=O) groups excluding carboxylic acids is 1. The van der Waals surface area contributed by atoms with Gasteiger partial charge < -0.3 is 9.64 Å². The average Bonchev–Trinajstić information content (AvgIpc) is 3.29. The number of benzene rings is 2. The predicted molar refractivity (Wildman–Crippen MR) is 121 cm³/mol. The highest BCUT2D eigenvalue weighted by Crippen LogP contribution is 2.18. The minimum atomic E-state index is 0.0656. The molecule has 0 spiro atoms. The third-order valence-electron chi connectivity index (χ3n) is 5.83. The van der Waals surface area contributed by atoms with Crippen molar-refractivity contribution in [2.75, 3.05) is 26.2 Å². The summed E-state index contributed by atoms with van der Waals surface area (Å²) in [6.45, 7) is 10.6. The predicted octanol–water partition coefficient (Wildman–Crippen LogP) is 3.10. The van der Waals surface area contributed by atoms with Gasteiger partial charge in [-0.2, -0.15) is 0 Å². The van der Waals surface area contributed by atoms with Gasteiger partial charge >= 0.3 is 0 Å². The van der Waals surface area contributed by atoms with Crippen molar-refractivity contribution in [3.8, 4) is 5.75 Å². The van der Waals surface area contributed by atoms with Crippen LogP contribution in [0.5, 0.6) is 5.75 Å². The molecule has 168 valence electrons. The van der Waals surface area contributed by atoms with E-state index >= 15 is 0 Å². The van der Waals surface area contributed by atoms with Crippen LogP contribution in [0, 0.1) is 6.92 Å². The fourth-order valence-corrected chi connectivity index (χ4v) is 3.87. The van der Waals surface area contributed by atoms with E-state index in [4.69, 9.17) is 4.74 Å². The van der Waals surface area contributed by atoms with Gasteiger partial charge in [0.05, 0.1) is 6.04 Å². The molecule has 1 aliphatic heterocycles. The Bertz CT molecular complexity index is 1040. The molecule has 32 heavy (non-hydrogen) atoms. The summed E-state index contributed by atoms with van der Waals surface area (Å²) in [5.74, 6) is 1.42. The van der Waals surface area contributed by atoms with Crippen molar-refractivity contribution in [3.63, 3.8) is 0 Å². The van der Waals surface area contributed by atoms with E-state index in [1.165, 1.54) is 11.1 Å². The van der Waals surface area contributed by atoms with Crippen molar-refractivity contribution in [2.24, 2.45) is 0 Å². The van der Waals surface area contributed by atoms with Gasteiger partial charge in [0.25, 0.3) is 5.91 Å². The van der Waals surface area contributed by atoms with Crippen molar-refractivity contribution in [3.05, 3.63) is 71.0 Å². The molecule has 4 rings (SSSR count). The lowest BCUT2D eigenvalue weighted by Crippen LogP contribution is -2.48. The van der Waals surface area contributed by atoms with Gasteiger partial charge in [-0.05, 0) is 66.6 Å². The lowest BCUT2D eigenvalue weighted by Gasteiger charge is -2.35. The molecule has 0 unspecified atom stereocenters. The fourth-order valence-electron chi connectivity index (χ4n) is 3.87. The summed E-state index contributed by atoms with van der Waals surface area (Å²) in [7, 11) is 0. The smallest absolute Gasteiger partial charge is 0.253 e. The molecule has 1 amide bonds. The van der Waals surface area contributed by atoms with Crippen LogP contribution in [0.4, 0.5) is 0 Å². The second kappa shape index (κ2) is 9.91. The summed E-state index contributed by atoms with van der Waals surface area (Å²) in [5, 5.41) is 11.7. The Morgan fingerprint density at radius 2 is 1.75 bits per heavy atom. The van der Waals surface area contributed by atoms with Crippen LogP contribution in [0.1, 0.15) is 47.2 Å². The Balaban J connectivity index is 1.28. The molecule has 0 bridgehead atoms. The number of tetrazole rings is 1. The lowest BCUT2D eigenvalue weighted by atomic mass is 10.1. The molecule has 1 saturated heterocycles. The van der Waals surface area contributed by atoms with Gasteiger partial charge in [0.1, 0.15) is 12.4 Å². The van der Waals surface area contributed by atoms with Gasteiger partial charge in [0.2, 0.25) is 0 Å². The first-order valence-corrected chi connectivity index (χ1v) is 11.1. The van der Waals surface area contributed by atoms with Gasteiger partial charge in [-0.3, -0.25) is 9.69 Å². The molecule has 0 saturated carbocycles. The quantitative estimate of drug-likeness (QED) is 0.569. The third kappa shape index (κ3) is 5.13. The summed E-state index contributed by atoms with van der Waals surface area (Å²) >= 11 is 0. The second-order valence-corrected chi connectivity index (χ2v) is 8.44. The van der Waals surface area contributed by atoms with E-state index in [2.05, 4.69) is 51.6 Å². The maximum atomic E-state index is 12.9. The van der Waals surface area contributed by atoms with Crippen molar-refractivity contribution in [2.45, 2.75) is 40.0 Å². The second-order valence-electron chi connectivity index (χ2n) is 8.44. The van der Waals surface area contributed by atoms with Crippen LogP contribution in [0.3, 0.4) is 0 Å². The van der Waals surface area contributed by atoms with Crippen LogP contribution in [0.15, 0.2) is 48.5 Å². The van der Waals surface area contributed by atoms with Crippen LogP contribution < -0.4 is 4.74 Å². The zero-order valence-electron chi connectivity index (χ0n) is 18.9. The maximum absolute atomic E-state index is 12.9. The summed E-state index contributed by atoms with van der Waals surface area (Å²) in [4.78, 5) is 17.3. The van der Waals surface area contributed by atoms with Crippen LogP contribution in [0.25, 0.3) is 0 Å². The number of amides is 1. The standard InChI is InChI=1S/C24H30N6O2/c1-18(2)30-23(25-26-27-30)17-32-22-10-8-20(9-11-22)24(31)29-14-12-28(13-15-29)16-21-7-5-4-6-19(21)3/h4-11,18H,12-17H2,1-3H3. The van der Waals surface area contributed by atoms with Crippen molar-refractivity contribution >= 4 is 5.91 Å². The van der Waals surface area contributed by atoms with Crippen LogP contribution in [0.2, 0.25) is 0 Å². The molecule has 2 aromatic carbocycles. The number of hydrogen-bond donors (Lipinski definition) is 0. The number of hydrogen-bond acceptors (Lipinski definition) is 6. The van der Waals surface area contributed by atoms with Gasteiger partial charge in [-0.25, -0.2) is 4.68 Å². The molecule has 0 radical (unpaired) electrons. The summed E-state index contributed by atoms with van der Waals surface area (Å²) < 4.78 is 7.54. The van der Waals surface area contributed by atoms with Gasteiger partial charge in [0, 0.05) is 38.3 Å². The Kier molecular flexibility index (Phi) is 6.80. The fraction of sp³-hybridized carbons (Fsp3) is 0.417. The summed E-state index contributed by atoms with van der Waals surface area (Å²) in [6.07, 6.45) is 0.